The molecule has 1 aromatic rings. The molecule has 1 atom stereocenters. The largest absolute Gasteiger partial charge is 0.469 e. The minimum absolute atomic E-state index is 0.166. The fourth-order valence-corrected chi connectivity index (χ4v) is 2.10. The molecule has 0 aromatic heterocycles. The van der Waals surface area contributed by atoms with Crippen molar-refractivity contribution in [1.29, 1.82) is 0 Å². The van der Waals surface area contributed by atoms with Gasteiger partial charge in [-0.1, -0.05) is 30.3 Å². The Hall–Kier alpha value is -2.41. The highest BCUT2D eigenvalue weighted by atomic mass is 16.5. The number of hydrogen-bond acceptors (Lipinski definition) is 5. The lowest BCUT2D eigenvalue weighted by Crippen LogP contribution is -2.56. The molecule has 1 fully saturated rings. The summed E-state index contributed by atoms with van der Waals surface area (Å²) in [5.74, 6) is -1.27. The number of carbonyl (C=O) groups is 3. The van der Waals surface area contributed by atoms with E-state index in [2.05, 4.69) is 10.2 Å². The molecule has 2 rings (SSSR count). The van der Waals surface area contributed by atoms with Crippen molar-refractivity contribution < 1.29 is 23.9 Å². The topological polar surface area (TPSA) is 84.9 Å². The molecule has 1 saturated heterocycles. The van der Waals surface area contributed by atoms with Crippen LogP contribution in [0.2, 0.25) is 0 Å². The molecule has 0 bridgehead atoms. The second kappa shape index (κ2) is 7.56. The number of hydrazine groups is 1. The van der Waals surface area contributed by atoms with E-state index in [9.17, 15) is 14.4 Å². The molecule has 7 heteroatoms. The summed E-state index contributed by atoms with van der Waals surface area (Å²) in [5.41, 5.74) is 3.40. The van der Waals surface area contributed by atoms with Crippen LogP contribution in [0.4, 0.5) is 0 Å². The highest BCUT2D eigenvalue weighted by Crippen LogP contribution is 2.10. The van der Waals surface area contributed by atoms with Gasteiger partial charge in [-0.25, -0.2) is 5.01 Å². The average molecular weight is 306 g/mol. The van der Waals surface area contributed by atoms with E-state index in [1.165, 1.54) is 12.1 Å². The van der Waals surface area contributed by atoms with Crippen molar-refractivity contribution in [2.75, 3.05) is 20.3 Å². The van der Waals surface area contributed by atoms with Crippen molar-refractivity contribution in [3.8, 4) is 0 Å². The van der Waals surface area contributed by atoms with Crippen molar-refractivity contribution in [2.45, 2.75) is 18.9 Å². The number of carbonyl (C=O) groups excluding carboxylic acids is 3. The number of esters is 1. The zero-order chi connectivity index (χ0) is 15.9. The zero-order valence-corrected chi connectivity index (χ0v) is 12.3. The predicted molar refractivity (Wildman–Crippen MR) is 76.4 cm³/mol. The second-order valence-corrected chi connectivity index (χ2v) is 4.83. The quantitative estimate of drug-likeness (QED) is 0.777. The van der Waals surface area contributed by atoms with Gasteiger partial charge in [0.1, 0.15) is 6.10 Å². The van der Waals surface area contributed by atoms with Gasteiger partial charge in [0.25, 0.3) is 5.91 Å². The number of rotatable bonds is 5. The number of amides is 2. The van der Waals surface area contributed by atoms with Gasteiger partial charge in [0.2, 0.25) is 5.91 Å². The van der Waals surface area contributed by atoms with Crippen molar-refractivity contribution in [3.05, 3.63) is 35.9 Å². The second-order valence-electron chi connectivity index (χ2n) is 4.83. The summed E-state index contributed by atoms with van der Waals surface area (Å²) in [4.78, 5) is 35.4. The van der Waals surface area contributed by atoms with Gasteiger partial charge in [0.15, 0.2) is 0 Å². The Balaban J connectivity index is 1.90. The molecule has 1 heterocycles. The highest BCUT2D eigenvalue weighted by Gasteiger charge is 2.32. The molecule has 1 aromatic carbocycles. The molecule has 7 nitrogen and oxygen atoms in total. The Morgan fingerprint density at radius 2 is 2.09 bits per heavy atom. The molecule has 0 spiro atoms. The highest BCUT2D eigenvalue weighted by molar-refractivity contribution is 5.88. The number of ether oxygens (including phenoxy) is 2. The number of benzene rings is 1. The monoisotopic (exact) mass is 306 g/mol. The Morgan fingerprint density at radius 3 is 2.77 bits per heavy atom. The Labute approximate surface area is 128 Å². The zero-order valence-electron chi connectivity index (χ0n) is 12.3. The maximum atomic E-state index is 12.1. The van der Waals surface area contributed by atoms with Crippen LogP contribution in [-0.2, 0) is 30.3 Å². The molecule has 0 unspecified atom stereocenters. The van der Waals surface area contributed by atoms with E-state index >= 15 is 0 Å². The smallest absolute Gasteiger partial charge is 0.308 e. The van der Waals surface area contributed by atoms with E-state index < -0.39 is 18.0 Å². The molecule has 118 valence electrons. The van der Waals surface area contributed by atoms with Gasteiger partial charge in [0.05, 0.1) is 33.1 Å². The lowest BCUT2D eigenvalue weighted by Gasteiger charge is -2.31. The Bertz CT molecular complexity index is 546. The number of hydrogen-bond donors (Lipinski definition) is 1. The van der Waals surface area contributed by atoms with Crippen molar-refractivity contribution >= 4 is 17.8 Å². The first kappa shape index (κ1) is 16.0. The van der Waals surface area contributed by atoms with Crippen LogP contribution in [-0.4, -0.2) is 49.2 Å². The molecular formula is C15H18N2O5. The van der Waals surface area contributed by atoms with Crippen molar-refractivity contribution in [3.63, 3.8) is 0 Å². The minimum Gasteiger partial charge on any atom is -0.469 e. The predicted octanol–water partition coefficient (Wildman–Crippen LogP) is 0.0508. The fraction of sp³-hybridized carbons (Fsp3) is 0.400. The normalized spacial score (nSPS) is 18.0. The number of methoxy groups -OCH3 is 1. The van der Waals surface area contributed by atoms with Gasteiger partial charge in [-0.05, 0) is 5.56 Å². The fourth-order valence-electron chi connectivity index (χ4n) is 2.10. The van der Waals surface area contributed by atoms with E-state index in [1.807, 2.05) is 30.3 Å². The van der Waals surface area contributed by atoms with Crippen LogP contribution in [0.25, 0.3) is 0 Å². The van der Waals surface area contributed by atoms with Gasteiger partial charge < -0.3 is 9.47 Å². The van der Waals surface area contributed by atoms with E-state index in [0.29, 0.717) is 0 Å². The number of nitrogens with zero attached hydrogens (tertiary/aromatic N) is 1. The summed E-state index contributed by atoms with van der Waals surface area (Å²) >= 11 is 0. The van der Waals surface area contributed by atoms with E-state index in [1.54, 1.807) is 0 Å². The third-order valence-corrected chi connectivity index (χ3v) is 3.22. The Kier molecular flexibility index (Phi) is 5.48. The third kappa shape index (κ3) is 4.29. The summed E-state index contributed by atoms with van der Waals surface area (Å²) in [6.45, 7) is 0.496. The lowest BCUT2D eigenvalue weighted by atomic mass is 10.1. The first-order chi connectivity index (χ1) is 10.6. The maximum absolute atomic E-state index is 12.1. The minimum atomic E-state index is -0.918. The standard InChI is InChI=1S/C15H18N2O5/c1-21-14(19)10-12-15(20)17(7-8-22-12)16-13(18)9-11-5-3-2-4-6-11/h2-6,12H,7-10H2,1H3,(H,16,18)/t12-/m1/s1. The van der Waals surface area contributed by atoms with Crippen LogP contribution in [0, 0.1) is 0 Å². The maximum Gasteiger partial charge on any atom is 0.308 e. The first-order valence-electron chi connectivity index (χ1n) is 6.93. The molecule has 0 saturated carbocycles. The summed E-state index contributed by atoms with van der Waals surface area (Å²) in [5, 5.41) is 1.20. The van der Waals surface area contributed by atoms with E-state index in [-0.39, 0.29) is 31.9 Å². The van der Waals surface area contributed by atoms with Gasteiger partial charge in [-0.3, -0.25) is 19.8 Å². The molecule has 2 amide bonds. The van der Waals surface area contributed by atoms with E-state index in [4.69, 9.17) is 4.74 Å². The summed E-state index contributed by atoms with van der Waals surface area (Å²) in [6, 6.07) is 9.22. The average Bonchev–Trinajstić information content (AvgIpc) is 2.52. The summed E-state index contributed by atoms with van der Waals surface area (Å²) < 4.78 is 9.77. The summed E-state index contributed by atoms with van der Waals surface area (Å²) in [7, 11) is 1.25. The summed E-state index contributed by atoms with van der Waals surface area (Å²) in [6.07, 6.45) is -0.911. The number of morpholine rings is 1. The molecule has 1 N–H and O–H groups in total. The first-order valence-corrected chi connectivity index (χ1v) is 6.93. The van der Waals surface area contributed by atoms with Crippen molar-refractivity contribution in [2.24, 2.45) is 0 Å². The van der Waals surface area contributed by atoms with Gasteiger partial charge in [-0.15, -0.1) is 0 Å². The van der Waals surface area contributed by atoms with Crippen LogP contribution < -0.4 is 5.43 Å². The third-order valence-electron chi connectivity index (χ3n) is 3.22. The van der Waals surface area contributed by atoms with Crippen LogP contribution in [0.5, 0.6) is 0 Å². The molecule has 0 radical (unpaired) electrons. The molecule has 1 aliphatic heterocycles. The molecule has 1 aliphatic rings. The molecular weight excluding hydrogens is 288 g/mol. The van der Waals surface area contributed by atoms with Gasteiger partial charge in [-0.2, -0.15) is 0 Å². The van der Waals surface area contributed by atoms with Crippen LogP contribution in [0.1, 0.15) is 12.0 Å². The molecule has 0 aliphatic carbocycles. The van der Waals surface area contributed by atoms with E-state index in [0.717, 1.165) is 5.56 Å². The Morgan fingerprint density at radius 1 is 1.36 bits per heavy atom. The lowest BCUT2D eigenvalue weighted by molar-refractivity contribution is -0.165. The van der Waals surface area contributed by atoms with Crippen LogP contribution in [0.15, 0.2) is 30.3 Å². The van der Waals surface area contributed by atoms with Crippen LogP contribution in [0.3, 0.4) is 0 Å². The molecule has 22 heavy (non-hydrogen) atoms. The van der Waals surface area contributed by atoms with Gasteiger partial charge in [0, 0.05) is 0 Å². The number of nitrogens with one attached hydrogen (secondary N) is 1. The SMILES string of the molecule is COC(=O)C[C@H]1OCCN(NC(=O)Cc2ccccc2)C1=O. The van der Waals surface area contributed by atoms with Crippen LogP contribution >= 0.6 is 0 Å². The van der Waals surface area contributed by atoms with Crippen molar-refractivity contribution in [1.82, 2.24) is 10.4 Å². The van der Waals surface area contributed by atoms with Gasteiger partial charge >= 0.3 is 5.97 Å².